The van der Waals surface area contributed by atoms with Crippen molar-refractivity contribution in [1.82, 2.24) is 5.32 Å². The van der Waals surface area contributed by atoms with E-state index in [0.717, 1.165) is 32.2 Å². The van der Waals surface area contributed by atoms with Gasteiger partial charge in [0.05, 0.1) is 0 Å². The van der Waals surface area contributed by atoms with Crippen LogP contribution in [0.15, 0.2) is 0 Å². The molecule has 0 bridgehead atoms. The average molecular weight is 281 g/mol. The molecule has 0 spiro atoms. The number of hydrogen-bond donors (Lipinski definition) is 2. The molecule has 3 nitrogen and oxygen atoms in total. The first kappa shape index (κ1) is 15.8. The largest absolute Gasteiger partial charge is 0.480 e. The molecule has 1 aliphatic carbocycles. The van der Waals surface area contributed by atoms with Crippen molar-refractivity contribution in [2.24, 2.45) is 5.92 Å². The fourth-order valence-corrected chi connectivity index (χ4v) is 4.13. The van der Waals surface area contributed by atoms with E-state index in [2.05, 4.69) is 5.32 Å². The van der Waals surface area contributed by atoms with Crippen molar-refractivity contribution in [3.63, 3.8) is 0 Å². The molecule has 1 saturated heterocycles. The molecule has 0 radical (unpaired) electrons. The Kier molecular flexibility index (Phi) is 6.34. The second kappa shape index (κ2) is 8.02. The summed E-state index contributed by atoms with van der Waals surface area (Å²) >= 11 is 0. The summed E-state index contributed by atoms with van der Waals surface area (Å²) in [5.41, 5.74) is -0.607. The summed E-state index contributed by atoms with van der Waals surface area (Å²) in [4.78, 5) is 11.8. The molecule has 0 aromatic carbocycles. The lowest BCUT2D eigenvalue weighted by Crippen LogP contribution is -2.53. The highest BCUT2D eigenvalue weighted by atomic mass is 16.4. The Labute approximate surface area is 123 Å². The molecule has 2 N–H and O–H groups in total. The lowest BCUT2D eigenvalue weighted by Gasteiger charge is -2.34. The molecule has 2 aliphatic rings. The summed E-state index contributed by atoms with van der Waals surface area (Å²) in [7, 11) is 0. The van der Waals surface area contributed by atoms with Crippen LogP contribution in [0.1, 0.15) is 83.5 Å². The lowest BCUT2D eigenvalue weighted by atomic mass is 9.76. The number of rotatable bonds is 2. The number of nitrogens with one attached hydrogen (secondary N) is 1. The van der Waals surface area contributed by atoms with Crippen molar-refractivity contribution in [1.29, 1.82) is 0 Å². The zero-order valence-electron chi connectivity index (χ0n) is 12.8. The first-order valence-electron chi connectivity index (χ1n) is 8.74. The first-order chi connectivity index (χ1) is 9.76. The van der Waals surface area contributed by atoms with Crippen LogP contribution in [0.2, 0.25) is 0 Å². The van der Waals surface area contributed by atoms with Gasteiger partial charge in [-0.25, -0.2) is 0 Å². The molecular formula is C17H31NO2. The summed E-state index contributed by atoms with van der Waals surface area (Å²) in [6, 6.07) is 0. The lowest BCUT2D eigenvalue weighted by molar-refractivity contribution is -0.147. The molecule has 0 amide bonds. The maximum atomic E-state index is 11.8. The van der Waals surface area contributed by atoms with Gasteiger partial charge in [0.1, 0.15) is 5.54 Å². The minimum atomic E-state index is -0.607. The predicted octanol–water partition coefficient (Wildman–Crippen LogP) is 4.11. The van der Waals surface area contributed by atoms with Crippen molar-refractivity contribution in [2.75, 3.05) is 6.54 Å². The molecule has 116 valence electrons. The van der Waals surface area contributed by atoms with Crippen LogP contribution < -0.4 is 5.32 Å². The molecule has 1 aliphatic heterocycles. The van der Waals surface area contributed by atoms with Gasteiger partial charge in [0.25, 0.3) is 0 Å². The van der Waals surface area contributed by atoms with E-state index in [0.29, 0.717) is 5.92 Å². The van der Waals surface area contributed by atoms with Gasteiger partial charge in [-0.3, -0.25) is 4.79 Å². The minimum Gasteiger partial charge on any atom is -0.480 e. The molecule has 20 heavy (non-hydrogen) atoms. The summed E-state index contributed by atoms with van der Waals surface area (Å²) in [5, 5.41) is 13.1. The second-order valence-corrected chi connectivity index (χ2v) is 6.76. The molecule has 1 saturated carbocycles. The Hall–Kier alpha value is -0.570. The van der Waals surface area contributed by atoms with Crippen LogP contribution in [0.5, 0.6) is 0 Å². The normalized spacial score (nSPS) is 31.4. The Balaban J connectivity index is 1.98. The van der Waals surface area contributed by atoms with Gasteiger partial charge < -0.3 is 10.4 Å². The van der Waals surface area contributed by atoms with Crippen LogP contribution in [0.4, 0.5) is 0 Å². The van der Waals surface area contributed by atoms with E-state index in [1.54, 1.807) is 0 Å². The standard InChI is InChI=1S/C17H31NO2/c19-16(20)17(13-10-14-18-17)15-11-8-6-4-2-1-3-5-7-9-12-15/h15,18H,1-14H2,(H,19,20)/t17-/m1/s1. The third-order valence-corrected chi connectivity index (χ3v) is 5.37. The molecule has 0 aromatic rings. The Morgan fingerprint density at radius 2 is 1.35 bits per heavy atom. The van der Waals surface area contributed by atoms with Crippen molar-refractivity contribution < 1.29 is 9.90 Å². The third-order valence-electron chi connectivity index (χ3n) is 5.37. The number of carbonyl (C=O) groups is 1. The highest BCUT2D eigenvalue weighted by Crippen LogP contribution is 2.36. The molecule has 0 unspecified atom stereocenters. The SMILES string of the molecule is O=C(O)[C@]1(C2CCCCCCCCCCC2)CCCN1. The molecular weight excluding hydrogens is 250 g/mol. The van der Waals surface area contributed by atoms with Gasteiger partial charge in [-0.1, -0.05) is 57.8 Å². The Morgan fingerprint density at radius 1 is 0.850 bits per heavy atom. The van der Waals surface area contributed by atoms with Crippen LogP contribution in [-0.4, -0.2) is 23.2 Å². The molecule has 3 heteroatoms. The van der Waals surface area contributed by atoms with Crippen LogP contribution >= 0.6 is 0 Å². The van der Waals surface area contributed by atoms with Gasteiger partial charge in [-0.15, -0.1) is 0 Å². The van der Waals surface area contributed by atoms with Crippen LogP contribution in [0.25, 0.3) is 0 Å². The number of carboxylic acid groups (broad SMARTS) is 1. The predicted molar refractivity (Wildman–Crippen MR) is 81.9 cm³/mol. The molecule has 0 aromatic heterocycles. The van der Waals surface area contributed by atoms with Crippen LogP contribution in [-0.2, 0) is 4.79 Å². The third kappa shape index (κ3) is 3.97. The summed E-state index contributed by atoms with van der Waals surface area (Å²) in [6.07, 6.45) is 15.8. The quantitative estimate of drug-likeness (QED) is 0.800. The fraction of sp³-hybridized carbons (Fsp3) is 0.941. The average Bonchev–Trinajstić information content (AvgIpc) is 2.90. The van der Waals surface area contributed by atoms with Gasteiger partial charge >= 0.3 is 5.97 Å². The van der Waals surface area contributed by atoms with E-state index >= 15 is 0 Å². The topological polar surface area (TPSA) is 49.3 Å². The van der Waals surface area contributed by atoms with Crippen LogP contribution in [0.3, 0.4) is 0 Å². The van der Waals surface area contributed by atoms with E-state index < -0.39 is 11.5 Å². The van der Waals surface area contributed by atoms with Gasteiger partial charge in [-0.05, 0) is 38.1 Å². The second-order valence-electron chi connectivity index (χ2n) is 6.76. The van der Waals surface area contributed by atoms with E-state index in [1.807, 2.05) is 0 Å². The van der Waals surface area contributed by atoms with Gasteiger partial charge in [0.15, 0.2) is 0 Å². The smallest absolute Gasteiger partial charge is 0.324 e. The van der Waals surface area contributed by atoms with Gasteiger partial charge in [0.2, 0.25) is 0 Å². The number of aliphatic carboxylic acids is 1. The van der Waals surface area contributed by atoms with Crippen LogP contribution in [0, 0.1) is 5.92 Å². The summed E-state index contributed by atoms with van der Waals surface area (Å²) < 4.78 is 0. The zero-order chi connectivity index (χ0) is 14.3. The first-order valence-corrected chi connectivity index (χ1v) is 8.74. The molecule has 2 fully saturated rings. The minimum absolute atomic E-state index is 0.335. The van der Waals surface area contributed by atoms with Crippen molar-refractivity contribution in [2.45, 2.75) is 89.0 Å². The fourth-order valence-electron chi connectivity index (χ4n) is 4.13. The zero-order valence-corrected chi connectivity index (χ0v) is 12.8. The maximum absolute atomic E-state index is 11.8. The molecule has 1 atom stereocenters. The number of hydrogen-bond acceptors (Lipinski definition) is 2. The van der Waals surface area contributed by atoms with Gasteiger partial charge in [-0.2, -0.15) is 0 Å². The van der Waals surface area contributed by atoms with E-state index in [4.69, 9.17) is 0 Å². The van der Waals surface area contributed by atoms with E-state index in [1.165, 1.54) is 57.8 Å². The number of carboxylic acids is 1. The van der Waals surface area contributed by atoms with Crippen molar-refractivity contribution in [3.05, 3.63) is 0 Å². The maximum Gasteiger partial charge on any atom is 0.324 e. The highest BCUT2D eigenvalue weighted by Gasteiger charge is 2.46. The van der Waals surface area contributed by atoms with Gasteiger partial charge in [0, 0.05) is 0 Å². The van der Waals surface area contributed by atoms with Crippen molar-refractivity contribution in [3.8, 4) is 0 Å². The Morgan fingerprint density at radius 3 is 1.75 bits per heavy atom. The monoisotopic (exact) mass is 281 g/mol. The van der Waals surface area contributed by atoms with Crippen molar-refractivity contribution >= 4 is 5.97 Å². The Bertz CT molecular complexity index is 285. The molecule has 1 heterocycles. The molecule has 2 rings (SSSR count). The van der Waals surface area contributed by atoms with E-state index in [-0.39, 0.29) is 0 Å². The van der Waals surface area contributed by atoms with E-state index in [9.17, 15) is 9.90 Å². The summed E-state index contributed by atoms with van der Waals surface area (Å²) in [5.74, 6) is -0.269. The summed E-state index contributed by atoms with van der Waals surface area (Å²) in [6.45, 7) is 0.878. The highest BCUT2D eigenvalue weighted by molar-refractivity contribution is 5.79.